The molecule has 1 nitrogen and oxygen atoms in total. The van der Waals surface area contributed by atoms with Gasteiger partial charge in [0.05, 0.1) is 12.0 Å². The average Bonchev–Trinajstić information content (AvgIpc) is 2.36. The number of nitrogens with zero attached hydrogens (tertiary/aromatic N) is 1. The van der Waals surface area contributed by atoms with E-state index in [-0.39, 0.29) is 0 Å². The lowest BCUT2D eigenvalue weighted by molar-refractivity contribution is 0.0151. The molecule has 4 unspecified atom stereocenters. The van der Waals surface area contributed by atoms with Crippen LogP contribution in [0.4, 0.5) is 0 Å². The second-order valence-electron chi connectivity index (χ2n) is 6.31. The van der Waals surface area contributed by atoms with Gasteiger partial charge in [0.2, 0.25) is 0 Å². The first-order chi connectivity index (χ1) is 7.90. The van der Waals surface area contributed by atoms with E-state index >= 15 is 0 Å². The van der Waals surface area contributed by atoms with Gasteiger partial charge in [0.1, 0.15) is 0 Å². The molecule has 16 heavy (non-hydrogen) atoms. The van der Waals surface area contributed by atoms with Crippen LogP contribution in [-0.4, -0.2) is 0 Å². The smallest absolute Gasteiger partial charge is 0.0661 e. The van der Waals surface area contributed by atoms with Crippen LogP contribution in [0.25, 0.3) is 0 Å². The molecule has 0 aromatic carbocycles. The molecule has 0 aliphatic heterocycles. The molecule has 0 heterocycles. The van der Waals surface area contributed by atoms with Crippen LogP contribution in [0.2, 0.25) is 0 Å². The van der Waals surface area contributed by atoms with Crippen molar-refractivity contribution >= 4 is 0 Å². The molecule has 1 heteroatoms. The summed E-state index contributed by atoms with van der Waals surface area (Å²) in [4.78, 5) is 0. The van der Waals surface area contributed by atoms with Crippen molar-refractivity contribution in [1.29, 1.82) is 5.26 Å². The highest BCUT2D eigenvalue weighted by atomic mass is 14.5. The fraction of sp³-hybridized carbons (Fsp3) is 0.933. The van der Waals surface area contributed by atoms with Crippen LogP contribution < -0.4 is 0 Å². The Morgan fingerprint density at radius 2 is 1.25 bits per heavy atom. The van der Waals surface area contributed by atoms with Gasteiger partial charge in [0.25, 0.3) is 0 Å². The fourth-order valence-corrected chi connectivity index (χ4v) is 4.90. The predicted octanol–water partition coefficient (Wildman–Crippen LogP) is 4.14. The standard InChI is InChI=1S/C15H23N/c16-10-15-13-7-3-1-5-11(13)9-12-6-2-4-8-14(12)15/h11-15H,1-9H2. The number of hydrogen-bond donors (Lipinski definition) is 0. The van der Waals surface area contributed by atoms with Crippen molar-refractivity contribution in [2.75, 3.05) is 0 Å². The molecule has 0 spiro atoms. The Kier molecular flexibility index (Phi) is 2.92. The van der Waals surface area contributed by atoms with Crippen molar-refractivity contribution in [3.8, 4) is 6.07 Å². The molecular weight excluding hydrogens is 194 g/mol. The maximum Gasteiger partial charge on any atom is 0.0661 e. The van der Waals surface area contributed by atoms with Crippen LogP contribution in [0.1, 0.15) is 57.8 Å². The zero-order valence-corrected chi connectivity index (χ0v) is 10.2. The van der Waals surface area contributed by atoms with Crippen molar-refractivity contribution < 1.29 is 0 Å². The quantitative estimate of drug-likeness (QED) is 0.598. The topological polar surface area (TPSA) is 23.8 Å². The molecule has 0 radical (unpaired) electrons. The highest BCUT2D eigenvalue weighted by Crippen LogP contribution is 2.52. The van der Waals surface area contributed by atoms with Gasteiger partial charge in [-0.25, -0.2) is 0 Å². The first-order valence-corrected chi connectivity index (χ1v) is 7.30. The van der Waals surface area contributed by atoms with Gasteiger partial charge < -0.3 is 0 Å². The van der Waals surface area contributed by atoms with Gasteiger partial charge in [0.15, 0.2) is 0 Å². The summed E-state index contributed by atoms with van der Waals surface area (Å²) in [5.41, 5.74) is 0. The van der Waals surface area contributed by atoms with Gasteiger partial charge in [-0.2, -0.15) is 5.26 Å². The van der Waals surface area contributed by atoms with Crippen molar-refractivity contribution in [1.82, 2.24) is 0 Å². The summed E-state index contributed by atoms with van der Waals surface area (Å²) in [6, 6.07) is 2.70. The summed E-state index contributed by atoms with van der Waals surface area (Å²) in [5.74, 6) is 3.80. The summed E-state index contributed by atoms with van der Waals surface area (Å²) < 4.78 is 0. The molecule has 0 aromatic rings. The van der Waals surface area contributed by atoms with Gasteiger partial charge in [-0.1, -0.05) is 38.5 Å². The average molecular weight is 217 g/mol. The summed E-state index contributed by atoms with van der Waals surface area (Å²) in [5, 5.41) is 9.52. The normalized spacial score (nSPS) is 47.6. The molecule has 3 aliphatic carbocycles. The molecule has 3 aliphatic rings. The summed E-state index contributed by atoms with van der Waals surface area (Å²) in [6.45, 7) is 0. The number of rotatable bonds is 0. The first-order valence-electron chi connectivity index (χ1n) is 7.30. The second kappa shape index (κ2) is 4.40. The Balaban J connectivity index is 1.82. The Hall–Kier alpha value is -0.510. The molecule has 88 valence electrons. The Morgan fingerprint density at radius 3 is 1.75 bits per heavy atom. The van der Waals surface area contributed by atoms with Crippen LogP contribution >= 0.6 is 0 Å². The van der Waals surface area contributed by atoms with Gasteiger partial charge in [-0.05, 0) is 42.9 Å². The van der Waals surface area contributed by atoms with Crippen LogP contribution in [0, 0.1) is 40.9 Å². The summed E-state index contributed by atoms with van der Waals surface area (Å²) in [6.07, 6.45) is 12.6. The number of fused-ring (bicyclic) bond motifs is 2. The third-order valence-corrected chi connectivity index (χ3v) is 5.61. The highest BCUT2D eigenvalue weighted by molar-refractivity contribution is 5.03. The third-order valence-electron chi connectivity index (χ3n) is 5.61. The molecule has 0 bridgehead atoms. The van der Waals surface area contributed by atoms with E-state index in [1.54, 1.807) is 0 Å². The first kappa shape index (κ1) is 10.6. The summed E-state index contributed by atoms with van der Waals surface area (Å²) >= 11 is 0. The number of hydrogen-bond acceptors (Lipinski definition) is 1. The maximum atomic E-state index is 9.52. The van der Waals surface area contributed by atoms with E-state index in [4.69, 9.17) is 0 Å². The lowest BCUT2D eigenvalue weighted by Gasteiger charge is -2.49. The van der Waals surface area contributed by atoms with Crippen LogP contribution in [0.5, 0.6) is 0 Å². The van der Waals surface area contributed by atoms with Gasteiger partial charge in [-0.15, -0.1) is 0 Å². The SMILES string of the molecule is N#CC1C2CCCCC2CC2CCCCC21. The molecule has 3 fully saturated rings. The van der Waals surface area contributed by atoms with E-state index in [2.05, 4.69) is 6.07 Å². The molecule has 0 saturated heterocycles. The lowest BCUT2D eigenvalue weighted by atomic mass is 9.55. The monoisotopic (exact) mass is 217 g/mol. The minimum absolute atomic E-state index is 0.421. The van der Waals surface area contributed by atoms with Crippen molar-refractivity contribution in [3.05, 3.63) is 0 Å². The van der Waals surface area contributed by atoms with E-state index in [9.17, 15) is 5.26 Å². The van der Waals surface area contributed by atoms with Crippen LogP contribution in [-0.2, 0) is 0 Å². The minimum atomic E-state index is 0.421. The second-order valence-corrected chi connectivity index (χ2v) is 6.31. The Bertz CT molecular complexity index is 268. The molecule has 0 aromatic heterocycles. The van der Waals surface area contributed by atoms with Gasteiger partial charge in [0, 0.05) is 0 Å². The van der Waals surface area contributed by atoms with Crippen LogP contribution in [0.15, 0.2) is 0 Å². The van der Waals surface area contributed by atoms with E-state index in [1.807, 2.05) is 0 Å². The number of nitriles is 1. The predicted molar refractivity (Wildman–Crippen MR) is 64.6 cm³/mol. The van der Waals surface area contributed by atoms with Crippen molar-refractivity contribution in [2.24, 2.45) is 29.6 Å². The highest BCUT2D eigenvalue weighted by Gasteiger charge is 2.45. The largest absolute Gasteiger partial charge is 0.198 e. The fourth-order valence-electron chi connectivity index (χ4n) is 4.90. The van der Waals surface area contributed by atoms with Crippen molar-refractivity contribution in [3.63, 3.8) is 0 Å². The van der Waals surface area contributed by atoms with E-state index in [0.717, 1.165) is 23.7 Å². The third kappa shape index (κ3) is 1.67. The zero-order valence-electron chi connectivity index (χ0n) is 10.2. The summed E-state index contributed by atoms with van der Waals surface area (Å²) in [7, 11) is 0. The van der Waals surface area contributed by atoms with Crippen LogP contribution in [0.3, 0.4) is 0 Å². The Labute approximate surface area is 99.2 Å². The molecule has 3 rings (SSSR count). The molecule has 0 amide bonds. The van der Waals surface area contributed by atoms with Gasteiger partial charge in [-0.3, -0.25) is 0 Å². The lowest BCUT2D eigenvalue weighted by Crippen LogP contribution is -2.42. The molecule has 0 N–H and O–H groups in total. The van der Waals surface area contributed by atoms with E-state index in [1.165, 1.54) is 57.8 Å². The minimum Gasteiger partial charge on any atom is -0.198 e. The Morgan fingerprint density at radius 1 is 0.750 bits per heavy atom. The molecule has 3 saturated carbocycles. The maximum absolute atomic E-state index is 9.52. The van der Waals surface area contributed by atoms with E-state index in [0.29, 0.717) is 5.92 Å². The molecular formula is C15H23N. The van der Waals surface area contributed by atoms with Crippen molar-refractivity contribution in [2.45, 2.75) is 57.8 Å². The molecule has 4 atom stereocenters. The van der Waals surface area contributed by atoms with Gasteiger partial charge >= 0.3 is 0 Å². The zero-order chi connectivity index (χ0) is 11.0. The van der Waals surface area contributed by atoms with E-state index < -0.39 is 0 Å².